The third-order valence-electron chi connectivity index (χ3n) is 3.01. The van der Waals surface area contributed by atoms with Crippen molar-refractivity contribution in [1.82, 2.24) is 5.32 Å². The number of rotatable bonds is 3. The van der Waals surface area contributed by atoms with E-state index >= 15 is 0 Å². The molecule has 1 heterocycles. The first-order chi connectivity index (χ1) is 8.69. The molecule has 1 atom stereocenters. The SMILES string of the molecule is N#Cc1ccc(NC(=O)CC2CCNC2)c(Br)c1. The van der Waals surface area contributed by atoms with Gasteiger partial charge in [0.25, 0.3) is 0 Å². The van der Waals surface area contributed by atoms with E-state index in [9.17, 15) is 4.79 Å². The molecule has 1 unspecified atom stereocenters. The normalized spacial score (nSPS) is 18.3. The number of hydrogen-bond donors (Lipinski definition) is 2. The number of amides is 1. The van der Waals surface area contributed by atoms with Crippen LogP contribution in [0.1, 0.15) is 18.4 Å². The summed E-state index contributed by atoms with van der Waals surface area (Å²) in [4.78, 5) is 11.9. The standard InChI is InChI=1S/C13H14BrN3O/c14-11-5-9(7-15)1-2-12(11)17-13(18)6-10-3-4-16-8-10/h1-2,5,10,16H,3-4,6,8H2,(H,17,18). The Bertz CT molecular complexity index is 489. The number of carbonyl (C=O) groups excluding carboxylic acids is 1. The lowest BCUT2D eigenvalue weighted by molar-refractivity contribution is -0.116. The number of nitrogens with zero attached hydrogens (tertiary/aromatic N) is 1. The highest BCUT2D eigenvalue weighted by molar-refractivity contribution is 9.10. The van der Waals surface area contributed by atoms with Gasteiger partial charge in [-0.25, -0.2) is 0 Å². The molecule has 0 spiro atoms. The Morgan fingerprint density at radius 2 is 2.44 bits per heavy atom. The maximum atomic E-state index is 11.9. The molecule has 0 saturated carbocycles. The van der Waals surface area contributed by atoms with E-state index in [1.165, 1.54) is 0 Å². The van der Waals surface area contributed by atoms with Crippen LogP contribution in [-0.2, 0) is 4.79 Å². The van der Waals surface area contributed by atoms with Gasteiger partial charge in [-0.2, -0.15) is 5.26 Å². The summed E-state index contributed by atoms with van der Waals surface area (Å²) >= 11 is 3.35. The van der Waals surface area contributed by atoms with Gasteiger partial charge < -0.3 is 10.6 Å². The Hall–Kier alpha value is -1.38. The first-order valence-corrected chi connectivity index (χ1v) is 6.68. The molecule has 0 bridgehead atoms. The average Bonchev–Trinajstić information content (AvgIpc) is 2.84. The Balaban J connectivity index is 1.96. The van der Waals surface area contributed by atoms with Crippen LogP contribution in [0.3, 0.4) is 0 Å². The maximum absolute atomic E-state index is 11.9. The number of carbonyl (C=O) groups is 1. The van der Waals surface area contributed by atoms with Gasteiger partial charge in [-0.05, 0) is 59.6 Å². The maximum Gasteiger partial charge on any atom is 0.224 e. The van der Waals surface area contributed by atoms with Crippen LogP contribution in [0.5, 0.6) is 0 Å². The number of benzene rings is 1. The molecular weight excluding hydrogens is 294 g/mol. The van der Waals surface area contributed by atoms with Crippen molar-refractivity contribution in [3.8, 4) is 6.07 Å². The molecule has 0 radical (unpaired) electrons. The first kappa shape index (κ1) is 13.1. The van der Waals surface area contributed by atoms with Crippen LogP contribution >= 0.6 is 15.9 Å². The van der Waals surface area contributed by atoms with E-state index in [1.54, 1.807) is 18.2 Å². The van der Waals surface area contributed by atoms with E-state index in [0.29, 0.717) is 23.6 Å². The molecule has 1 fully saturated rings. The summed E-state index contributed by atoms with van der Waals surface area (Å²) in [7, 11) is 0. The molecule has 2 rings (SSSR count). The van der Waals surface area contributed by atoms with Gasteiger partial charge >= 0.3 is 0 Å². The van der Waals surface area contributed by atoms with Crippen LogP contribution in [0.4, 0.5) is 5.69 Å². The molecule has 1 saturated heterocycles. The molecule has 1 amide bonds. The molecule has 18 heavy (non-hydrogen) atoms. The number of halogens is 1. The van der Waals surface area contributed by atoms with Crippen molar-refractivity contribution in [2.45, 2.75) is 12.8 Å². The van der Waals surface area contributed by atoms with Crippen molar-refractivity contribution in [3.05, 3.63) is 28.2 Å². The smallest absolute Gasteiger partial charge is 0.224 e. The Morgan fingerprint density at radius 3 is 3.06 bits per heavy atom. The number of anilines is 1. The summed E-state index contributed by atoms with van der Waals surface area (Å²) in [6, 6.07) is 7.19. The number of nitrogens with one attached hydrogen (secondary N) is 2. The van der Waals surface area contributed by atoms with Crippen LogP contribution in [0.25, 0.3) is 0 Å². The molecule has 2 N–H and O–H groups in total. The van der Waals surface area contributed by atoms with Crippen LogP contribution in [0.15, 0.2) is 22.7 Å². The summed E-state index contributed by atoms with van der Waals surface area (Å²) < 4.78 is 0.736. The molecule has 1 aromatic carbocycles. The lowest BCUT2D eigenvalue weighted by atomic mass is 10.0. The highest BCUT2D eigenvalue weighted by Gasteiger charge is 2.18. The van der Waals surface area contributed by atoms with Gasteiger partial charge in [-0.3, -0.25) is 4.79 Å². The molecule has 1 aliphatic heterocycles. The van der Waals surface area contributed by atoms with E-state index < -0.39 is 0 Å². The summed E-state index contributed by atoms with van der Waals surface area (Å²) in [6.07, 6.45) is 1.60. The van der Waals surface area contributed by atoms with E-state index in [4.69, 9.17) is 5.26 Å². The molecule has 94 valence electrons. The lowest BCUT2D eigenvalue weighted by Crippen LogP contribution is -2.18. The summed E-state index contributed by atoms with van der Waals surface area (Å²) in [5, 5.41) is 14.9. The largest absolute Gasteiger partial charge is 0.325 e. The van der Waals surface area contributed by atoms with Crippen LogP contribution in [0, 0.1) is 17.2 Å². The van der Waals surface area contributed by atoms with Crippen molar-refractivity contribution in [2.75, 3.05) is 18.4 Å². The van der Waals surface area contributed by atoms with Crippen LogP contribution in [0.2, 0.25) is 0 Å². The van der Waals surface area contributed by atoms with E-state index in [1.807, 2.05) is 0 Å². The number of hydrogen-bond acceptors (Lipinski definition) is 3. The van der Waals surface area contributed by atoms with Crippen LogP contribution < -0.4 is 10.6 Å². The Morgan fingerprint density at radius 1 is 1.61 bits per heavy atom. The highest BCUT2D eigenvalue weighted by atomic mass is 79.9. The number of nitriles is 1. The van der Waals surface area contributed by atoms with Gasteiger partial charge in [0.1, 0.15) is 0 Å². The predicted molar refractivity (Wildman–Crippen MR) is 73.1 cm³/mol. The van der Waals surface area contributed by atoms with E-state index in [2.05, 4.69) is 32.6 Å². The van der Waals surface area contributed by atoms with Gasteiger partial charge in [0.2, 0.25) is 5.91 Å². The lowest BCUT2D eigenvalue weighted by Gasteiger charge is -2.10. The minimum absolute atomic E-state index is 0.0223. The molecule has 0 aliphatic carbocycles. The molecule has 5 heteroatoms. The summed E-state index contributed by atoms with van der Waals surface area (Å²) in [5.74, 6) is 0.455. The van der Waals surface area contributed by atoms with Crippen molar-refractivity contribution in [3.63, 3.8) is 0 Å². The zero-order chi connectivity index (χ0) is 13.0. The van der Waals surface area contributed by atoms with Crippen LogP contribution in [-0.4, -0.2) is 19.0 Å². The average molecular weight is 308 g/mol. The fraction of sp³-hybridized carbons (Fsp3) is 0.385. The third kappa shape index (κ3) is 3.31. The molecule has 4 nitrogen and oxygen atoms in total. The molecular formula is C13H14BrN3O. The Kier molecular flexibility index (Phi) is 4.34. The fourth-order valence-electron chi connectivity index (χ4n) is 2.04. The molecule has 0 aromatic heterocycles. The molecule has 1 aromatic rings. The summed E-state index contributed by atoms with van der Waals surface area (Å²) in [6.45, 7) is 1.92. The molecule has 1 aliphatic rings. The van der Waals surface area contributed by atoms with Gasteiger partial charge in [0.05, 0.1) is 17.3 Å². The second-order valence-electron chi connectivity index (χ2n) is 4.42. The predicted octanol–water partition coefficient (Wildman–Crippen LogP) is 2.26. The van der Waals surface area contributed by atoms with Crippen molar-refractivity contribution < 1.29 is 4.79 Å². The van der Waals surface area contributed by atoms with Crippen molar-refractivity contribution in [2.24, 2.45) is 5.92 Å². The first-order valence-electron chi connectivity index (χ1n) is 5.89. The minimum atomic E-state index is 0.0223. The van der Waals surface area contributed by atoms with E-state index in [-0.39, 0.29) is 5.91 Å². The zero-order valence-electron chi connectivity index (χ0n) is 9.87. The minimum Gasteiger partial charge on any atom is -0.325 e. The van der Waals surface area contributed by atoms with Gasteiger partial charge in [-0.1, -0.05) is 0 Å². The second-order valence-corrected chi connectivity index (χ2v) is 5.27. The van der Waals surface area contributed by atoms with Gasteiger partial charge in [0, 0.05) is 10.9 Å². The highest BCUT2D eigenvalue weighted by Crippen LogP contribution is 2.24. The van der Waals surface area contributed by atoms with Gasteiger partial charge in [0.15, 0.2) is 0 Å². The Labute approximate surface area is 115 Å². The van der Waals surface area contributed by atoms with Gasteiger partial charge in [-0.15, -0.1) is 0 Å². The van der Waals surface area contributed by atoms with Crippen molar-refractivity contribution >= 4 is 27.5 Å². The zero-order valence-corrected chi connectivity index (χ0v) is 11.5. The second kappa shape index (κ2) is 5.98. The monoisotopic (exact) mass is 307 g/mol. The van der Waals surface area contributed by atoms with Crippen molar-refractivity contribution in [1.29, 1.82) is 5.26 Å². The quantitative estimate of drug-likeness (QED) is 0.900. The third-order valence-corrected chi connectivity index (χ3v) is 3.66. The van der Waals surface area contributed by atoms with E-state index in [0.717, 1.165) is 24.0 Å². The summed E-state index contributed by atoms with van der Waals surface area (Å²) in [5.41, 5.74) is 1.28. The fourth-order valence-corrected chi connectivity index (χ4v) is 2.52. The topological polar surface area (TPSA) is 64.9 Å².